The van der Waals surface area contributed by atoms with Crippen LogP contribution in [-0.4, -0.2) is 26.7 Å². The van der Waals surface area contributed by atoms with Crippen LogP contribution in [-0.2, 0) is 0 Å². The number of nitrogens with one attached hydrogen (secondary N) is 1. The molecule has 0 radical (unpaired) electrons. The first kappa shape index (κ1) is 12.9. The number of amides is 1. The van der Waals surface area contributed by atoms with E-state index in [0.29, 0.717) is 5.56 Å². The van der Waals surface area contributed by atoms with Crippen molar-refractivity contribution in [2.75, 3.05) is 11.5 Å². The Hall–Kier alpha value is -1.54. The molecule has 1 heterocycles. The molecule has 2 rings (SSSR count). The van der Waals surface area contributed by atoms with Crippen LogP contribution >= 0.6 is 23.5 Å². The van der Waals surface area contributed by atoms with Gasteiger partial charge in [-0.3, -0.25) is 14.9 Å². The van der Waals surface area contributed by atoms with Crippen molar-refractivity contribution in [2.45, 2.75) is 0 Å². The summed E-state index contributed by atoms with van der Waals surface area (Å²) in [4.78, 5) is 21.6. The summed E-state index contributed by atoms with van der Waals surface area (Å²) in [5.41, 5.74) is 2.73. The quantitative estimate of drug-likeness (QED) is 0.678. The SMILES string of the molecule is O=C(NN=C1SCCS1)c1ccc([N+](=O)[O-])cc1. The van der Waals surface area contributed by atoms with Gasteiger partial charge in [-0.15, -0.1) is 0 Å². The maximum atomic E-state index is 11.7. The average molecular weight is 283 g/mol. The third kappa shape index (κ3) is 3.23. The summed E-state index contributed by atoms with van der Waals surface area (Å²) in [5.74, 6) is 1.62. The molecule has 0 unspecified atom stereocenters. The van der Waals surface area contributed by atoms with E-state index < -0.39 is 4.92 Å². The van der Waals surface area contributed by atoms with Crippen LogP contribution in [0.1, 0.15) is 10.4 Å². The highest BCUT2D eigenvalue weighted by molar-refractivity contribution is 8.41. The summed E-state index contributed by atoms with van der Waals surface area (Å²) < 4.78 is 0.838. The van der Waals surface area contributed by atoms with Crippen molar-refractivity contribution in [3.05, 3.63) is 39.9 Å². The largest absolute Gasteiger partial charge is 0.271 e. The van der Waals surface area contributed by atoms with Crippen LogP contribution in [0, 0.1) is 10.1 Å². The van der Waals surface area contributed by atoms with Crippen molar-refractivity contribution in [2.24, 2.45) is 5.10 Å². The van der Waals surface area contributed by atoms with Crippen LogP contribution in [0.25, 0.3) is 0 Å². The Labute approximate surface area is 111 Å². The Kier molecular flexibility index (Phi) is 4.21. The predicted octanol–water partition coefficient (Wildman–Crippen LogP) is 2.08. The number of benzene rings is 1. The zero-order valence-electron chi connectivity index (χ0n) is 9.16. The summed E-state index contributed by atoms with van der Waals surface area (Å²) >= 11 is 3.19. The van der Waals surface area contributed by atoms with Crippen LogP contribution in [0.5, 0.6) is 0 Å². The van der Waals surface area contributed by atoms with Gasteiger partial charge in [0.05, 0.1) is 4.92 Å². The second-order valence-corrected chi connectivity index (χ2v) is 5.75. The first-order valence-corrected chi connectivity index (χ1v) is 7.02. The van der Waals surface area contributed by atoms with Crippen molar-refractivity contribution < 1.29 is 9.72 Å². The second-order valence-electron chi connectivity index (χ2n) is 3.32. The molecular formula is C10H9N3O3S2. The molecule has 1 aromatic carbocycles. The van der Waals surface area contributed by atoms with E-state index in [9.17, 15) is 14.9 Å². The first-order valence-electron chi connectivity index (χ1n) is 5.05. The van der Waals surface area contributed by atoms with E-state index in [1.54, 1.807) is 23.5 Å². The molecule has 0 spiro atoms. The lowest BCUT2D eigenvalue weighted by molar-refractivity contribution is -0.384. The first-order chi connectivity index (χ1) is 8.66. The van der Waals surface area contributed by atoms with Gasteiger partial charge in [0.25, 0.3) is 11.6 Å². The maximum Gasteiger partial charge on any atom is 0.271 e. The van der Waals surface area contributed by atoms with Crippen LogP contribution in [0.2, 0.25) is 0 Å². The number of thioether (sulfide) groups is 2. The zero-order chi connectivity index (χ0) is 13.0. The molecule has 0 aliphatic carbocycles. The smallest absolute Gasteiger partial charge is 0.267 e. The summed E-state index contributed by atoms with van der Waals surface area (Å²) in [7, 11) is 0. The second kappa shape index (κ2) is 5.87. The highest BCUT2D eigenvalue weighted by atomic mass is 32.2. The molecule has 8 heteroatoms. The minimum Gasteiger partial charge on any atom is -0.267 e. The van der Waals surface area contributed by atoms with Crippen molar-refractivity contribution in [3.8, 4) is 0 Å². The van der Waals surface area contributed by atoms with Gasteiger partial charge in [-0.25, -0.2) is 5.43 Å². The number of rotatable bonds is 3. The molecule has 1 aromatic rings. The van der Waals surface area contributed by atoms with E-state index in [-0.39, 0.29) is 11.6 Å². The molecule has 0 aromatic heterocycles. The number of nitrogens with zero attached hydrogens (tertiary/aromatic N) is 2. The topological polar surface area (TPSA) is 84.6 Å². The van der Waals surface area contributed by atoms with Crippen molar-refractivity contribution >= 4 is 39.5 Å². The lowest BCUT2D eigenvalue weighted by Crippen LogP contribution is -2.18. The van der Waals surface area contributed by atoms with Gasteiger partial charge in [0.2, 0.25) is 0 Å². The Bertz CT molecular complexity index is 494. The lowest BCUT2D eigenvalue weighted by Gasteiger charge is -2.00. The van der Waals surface area contributed by atoms with Gasteiger partial charge in [0.1, 0.15) is 4.38 Å². The van der Waals surface area contributed by atoms with Gasteiger partial charge in [-0.1, -0.05) is 23.5 Å². The van der Waals surface area contributed by atoms with E-state index >= 15 is 0 Å². The van der Waals surface area contributed by atoms with E-state index in [2.05, 4.69) is 10.5 Å². The number of non-ortho nitro benzene ring substituents is 1. The Morgan fingerprint density at radius 1 is 1.28 bits per heavy atom. The van der Waals surface area contributed by atoms with E-state index in [1.165, 1.54) is 24.3 Å². The van der Waals surface area contributed by atoms with E-state index in [4.69, 9.17) is 0 Å². The molecule has 0 atom stereocenters. The summed E-state index contributed by atoms with van der Waals surface area (Å²) in [6.07, 6.45) is 0. The Morgan fingerprint density at radius 2 is 1.89 bits per heavy atom. The number of hydrogen-bond donors (Lipinski definition) is 1. The standard InChI is InChI=1S/C10H9N3O3S2/c14-9(11-12-10-17-5-6-18-10)7-1-3-8(4-2-7)13(15)16/h1-4H,5-6H2,(H,11,14). The minimum atomic E-state index is -0.506. The van der Waals surface area contributed by atoms with Crippen molar-refractivity contribution in [1.29, 1.82) is 0 Å². The van der Waals surface area contributed by atoms with E-state index in [1.807, 2.05) is 0 Å². The van der Waals surface area contributed by atoms with Crippen LogP contribution in [0.15, 0.2) is 29.4 Å². The summed E-state index contributed by atoms with van der Waals surface area (Å²) in [6, 6.07) is 5.40. The van der Waals surface area contributed by atoms with Gasteiger partial charge >= 0.3 is 0 Å². The number of hydrazone groups is 1. The van der Waals surface area contributed by atoms with Crippen LogP contribution < -0.4 is 5.43 Å². The average Bonchev–Trinajstić information content (AvgIpc) is 2.89. The number of hydrogen-bond acceptors (Lipinski definition) is 6. The fourth-order valence-corrected chi connectivity index (χ4v) is 3.33. The fraction of sp³-hybridized carbons (Fsp3) is 0.200. The normalized spacial score (nSPS) is 14.3. The predicted molar refractivity (Wildman–Crippen MR) is 72.9 cm³/mol. The van der Waals surface area contributed by atoms with Crippen molar-refractivity contribution in [3.63, 3.8) is 0 Å². The molecule has 0 bridgehead atoms. The third-order valence-corrected chi connectivity index (χ3v) is 4.58. The molecule has 6 nitrogen and oxygen atoms in total. The highest BCUT2D eigenvalue weighted by Crippen LogP contribution is 2.25. The lowest BCUT2D eigenvalue weighted by atomic mass is 10.2. The van der Waals surface area contributed by atoms with Gasteiger partial charge in [0.15, 0.2) is 0 Å². The number of nitro groups is 1. The molecular weight excluding hydrogens is 274 g/mol. The number of carbonyl (C=O) groups is 1. The van der Waals surface area contributed by atoms with E-state index in [0.717, 1.165) is 15.9 Å². The summed E-state index contributed by atoms with van der Waals surface area (Å²) in [5, 5.41) is 14.4. The molecule has 1 saturated heterocycles. The Balaban J connectivity index is 2.00. The minimum absolute atomic E-state index is 0.0419. The fourth-order valence-electron chi connectivity index (χ4n) is 1.26. The van der Waals surface area contributed by atoms with Gasteiger partial charge < -0.3 is 0 Å². The molecule has 94 valence electrons. The van der Waals surface area contributed by atoms with Gasteiger partial charge in [-0.05, 0) is 12.1 Å². The van der Waals surface area contributed by atoms with Gasteiger partial charge in [0, 0.05) is 29.2 Å². The van der Waals surface area contributed by atoms with Gasteiger partial charge in [-0.2, -0.15) is 5.10 Å². The monoisotopic (exact) mass is 283 g/mol. The van der Waals surface area contributed by atoms with Crippen LogP contribution in [0.4, 0.5) is 5.69 Å². The highest BCUT2D eigenvalue weighted by Gasteiger charge is 2.12. The summed E-state index contributed by atoms with van der Waals surface area (Å²) in [6.45, 7) is 0. The molecule has 18 heavy (non-hydrogen) atoms. The Morgan fingerprint density at radius 3 is 2.44 bits per heavy atom. The molecule has 1 amide bonds. The third-order valence-electron chi connectivity index (χ3n) is 2.12. The molecule has 1 aliphatic rings. The molecule has 0 saturated carbocycles. The maximum absolute atomic E-state index is 11.7. The molecule has 1 N–H and O–H groups in total. The number of carbonyl (C=O) groups excluding carboxylic acids is 1. The van der Waals surface area contributed by atoms with Crippen LogP contribution in [0.3, 0.4) is 0 Å². The van der Waals surface area contributed by atoms with Crippen molar-refractivity contribution in [1.82, 2.24) is 5.43 Å². The molecule has 1 fully saturated rings. The molecule has 1 aliphatic heterocycles. The zero-order valence-corrected chi connectivity index (χ0v) is 10.8. The number of nitro benzene ring substituents is 1.